The summed E-state index contributed by atoms with van der Waals surface area (Å²) in [6.45, 7) is 2.38. The molecule has 3 N–H and O–H groups in total. The Morgan fingerprint density at radius 1 is 0.931 bits per heavy atom. The third-order valence-corrected chi connectivity index (χ3v) is 4.96. The van der Waals surface area contributed by atoms with E-state index in [-0.39, 0.29) is 23.8 Å². The van der Waals surface area contributed by atoms with E-state index in [0.29, 0.717) is 42.3 Å². The van der Waals surface area contributed by atoms with Crippen molar-refractivity contribution >= 4 is 46.5 Å². The van der Waals surface area contributed by atoms with Crippen LogP contribution in [0.1, 0.15) is 19.8 Å². The molecule has 0 spiro atoms. The third-order valence-electron chi connectivity index (χ3n) is 4.73. The van der Waals surface area contributed by atoms with Gasteiger partial charge in [-0.25, -0.2) is 4.79 Å². The average Bonchev–Trinajstić information content (AvgIpc) is 2.70. The lowest BCUT2D eigenvalue weighted by atomic mass is 9.96. The summed E-state index contributed by atoms with van der Waals surface area (Å²) in [7, 11) is 0. The number of nitrogens with one attached hydrogen (secondary N) is 3. The molecule has 0 aromatic heterocycles. The number of hydrogen-bond donors (Lipinski definition) is 3. The standard InChI is InChI=1S/C21H23ClN4O3/c1-14(27)23-18-8-7-16(22)13-19(18)25-20(28)15-9-11-26(12-10-15)21(29)24-17-5-3-2-4-6-17/h2-8,13,15H,9-12H2,1H3,(H,23,27)(H,24,29)(H,25,28). The molecule has 3 rings (SSSR count). The van der Waals surface area contributed by atoms with Crippen LogP contribution in [-0.4, -0.2) is 35.8 Å². The fraction of sp³-hybridized carbons (Fsp3) is 0.286. The van der Waals surface area contributed by atoms with Crippen molar-refractivity contribution in [2.45, 2.75) is 19.8 Å². The molecule has 1 aliphatic heterocycles. The third kappa shape index (κ3) is 5.71. The van der Waals surface area contributed by atoms with Gasteiger partial charge in [0, 0.05) is 36.6 Å². The first-order valence-electron chi connectivity index (χ1n) is 9.41. The minimum atomic E-state index is -0.236. The molecule has 1 fully saturated rings. The van der Waals surface area contributed by atoms with Crippen molar-refractivity contribution in [3.8, 4) is 0 Å². The first-order chi connectivity index (χ1) is 13.9. The van der Waals surface area contributed by atoms with Gasteiger partial charge in [-0.2, -0.15) is 0 Å². The van der Waals surface area contributed by atoms with Crippen LogP contribution in [-0.2, 0) is 9.59 Å². The first-order valence-corrected chi connectivity index (χ1v) is 9.79. The summed E-state index contributed by atoms with van der Waals surface area (Å²) in [4.78, 5) is 38.2. The quantitative estimate of drug-likeness (QED) is 0.700. The highest BCUT2D eigenvalue weighted by molar-refractivity contribution is 6.31. The summed E-state index contributed by atoms with van der Waals surface area (Å²) in [6, 6.07) is 14.0. The number of halogens is 1. The lowest BCUT2D eigenvalue weighted by Crippen LogP contribution is -2.43. The molecule has 2 aromatic carbocycles. The molecule has 0 saturated carbocycles. The second-order valence-corrected chi connectivity index (χ2v) is 7.35. The van der Waals surface area contributed by atoms with Crippen molar-refractivity contribution in [3.05, 3.63) is 53.6 Å². The number of anilines is 3. The summed E-state index contributed by atoms with van der Waals surface area (Å²) in [5.41, 5.74) is 1.70. The molecular weight excluding hydrogens is 392 g/mol. The highest BCUT2D eigenvalue weighted by Crippen LogP contribution is 2.28. The second kappa shape index (κ2) is 9.43. The summed E-state index contributed by atoms with van der Waals surface area (Å²) < 4.78 is 0. The molecule has 152 valence electrons. The van der Waals surface area contributed by atoms with Crippen LogP contribution >= 0.6 is 11.6 Å². The van der Waals surface area contributed by atoms with Gasteiger partial charge in [0.15, 0.2) is 0 Å². The van der Waals surface area contributed by atoms with E-state index in [1.807, 2.05) is 30.3 Å². The summed E-state index contributed by atoms with van der Waals surface area (Å²) in [6.07, 6.45) is 1.12. The normalized spacial score (nSPS) is 14.2. The minimum absolute atomic E-state index is 0.151. The van der Waals surface area contributed by atoms with E-state index in [4.69, 9.17) is 11.6 Å². The number of hydrogen-bond acceptors (Lipinski definition) is 3. The molecule has 1 heterocycles. The van der Waals surface area contributed by atoms with E-state index in [0.717, 1.165) is 5.69 Å². The molecule has 8 heteroatoms. The van der Waals surface area contributed by atoms with Crippen molar-refractivity contribution in [1.82, 2.24) is 4.90 Å². The topological polar surface area (TPSA) is 90.5 Å². The van der Waals surface area contributed by atoms with Crippen LogP contribution in [0.3, 0.4) is 0 Å². The maximum Gasteiger partial charge on any atom is 0.321 e. The van der Waals surface area contributed by atoms with Crippen molar-refractivity contribution in [3.63, 3.8) is 0 Å². The van der Waals surface area contributed by atoms with Gasteiger partial charge in [0.1, 0.15) is 0 Å². The summed E-state index contributed by atoms with van der Waals surface area (Å²) in [5.74, 6) is -0.609. The van der Waals surface area contributed by atoms with E-state index in [1.54, 1.807) is 23.1 Å². The minimum Gasteiger partial charge on any atom is -0.325 e. The van der Waals surface area contributed by atoms with Gasteiger partial charge in [0.05, 0.1) is 11.4 Å². The number of urea groups is 1. The van der Waals surface area contributed by atoms with Crippen LogP contribution in [0.25, 0.3) is 0 Å². The Labute approximate surface area is 174 Å². The maximum absolute atomic E-state index is 12.7. The number of para-hydroxylation sites is 1. The Hall–Kier alpha value is -3.06. The smallest absolute Gasteiger partial charge is 0.321 e. The molecular formula is C21H23ClN4O3. The molecule has 7 nitrogen and oxygen atoms in total. The Bertz CT molecular complexity index is 896. The van der Waals surface area contributed by atoms with E-state index in [1.165, 1.54) is 6.92 Å². The fourth-order valence-electron chi connectivity index (χ4n) is 3.22. The molecule has 0 unspecified atom stereocenters. The highest BCUT2D eigenvalue weighted by atomic mass is 35.5. The zero-order chi connectivity index (χ0) is 20.8. The number of rotatable bonds is 4. The number of likely N-dealkylation sites (tertiary alicyclic amines) is 1. The zero-order valence-electron chi connectivity index (χ0n) is 16.1. The summed E-state index contributed by atoms with van der Waals surface area (Å²) in [5, 5.41) is 8.85. The highest BCUT2D eigenvalue weighted by Gasteiger charge is 2.28. The molecule has 0 bridgehead atoms. The van der Waals surface area contributed by atoms with E-state index < -0.39 is 0 Å². The fourth-order valence-corrected chi connectivity index (χ4v) is 3.39. The number of benzene rings is 2. The predicted octanol–water partition coefficient (Wildman–Crippen LogP) is 4.18. The van der Waals surface area contributed by atoms with Crippen LogP contribution < -0.4 is 16.0 Å². The van der Waals surface area contributed by atoms with Crippen LogP contribution in [0.4, 0.5) is 21.9 Å². The molecule has 2 aromatic rings. The monoisotopic (exact) mass is 414 g/mol. The molecule has 29 heavy (non-hydrogen) atoms. The SMILES string of the molecule is CC(=O)Nc1ccc(Cl)cc1NC(=O)C1CCN(C(=O)Nc2ccccc2)CC1. The Morgan fingerprint density at radius 3 is 2.28 bits per heavy atom. The van der Waals surface area contributed by atoms with Gasteiger partial charge in [-0.05, 0) is 43.2 Å². The molecule has 1 saturated heterocycles. The molecule has 1 aliphatic rings. The van der Waals surface area contributed by atoms with Crippen molar-refractivity contribution in [2.75, 3.05) is 29.0 Å². The van der Waals surface area contributed by atoms with Gasteiger partial charge in [-0.1, -0.05) is 29.8 Å². The van der Waals surface area contributed by atoms with Crippen molar-refractivity contribution in [2.24, 2.45) is 5.92 Å². The lowest BCUT2D eigenvalue weighted by Gasteiger charge is -2.31. The maximum atomic E-state index is 12.7. The number of carbonyl (C=O) groups is 3. The van der Waals surface area contributed by atoms with Crippen molar-refractivity contribution < 1.29 is 14.4 Å². The predicted molar refractivity (Wildman–Crippen MR) is 114 cm³/mol. The second-order valence-electron chi connectivity index (χ2n) is 6.92. The number of nitrogens with zero attached hydrogens (tertiary/aromatic N) is 1. The molecule has 0 atom stereocenters. The van der Waals surface area contributed by atoms with Crippen LogP contribution in [0.15, 0.2) is 48.5 Å². The zero-order valence-corrected chi connectivity index (χ0v) is 16.8. The van der Waals surface area contributed by atoms with E-state index in [9.17, 15) is 14.4 Å². The van der Waals surface area contributed by atoms with Gasteiger partial charge in [-0.15, -0.1) is 0 Å². The van der Waals surface area contributed by atoms with E-state index >= 15 is 0 Å². The van der Waals surface area contributed by atoms with Crippen molar-refractivity contribution in [1.29, 1.82) is 0 Å². The van der Waals surface area contributed by atoms with Crippen LogP contribution in [0.2, 0.25) is 5.02 Å². The summed E-state index contributed by atoms with van der Waals surface area (Å²) >= 11 is 6.03. The number of piperidine rings is 1. The molecule has 0 aliphatic carbocycles. The van der Waals surface area contributed by atoms with Crippen LogP contribution in [0, 0.1) is 5.92 Å². The molecule has 4 amide bonds. The Kier molecular flexibility index (Phi) is 6.72. The largest absolute Gasteiger partial charge is 0.325 e. The van der Waals surface area contributed by atoms with Gasteiger partial charge in [-0.3, -0.25) is 9.59 Å². The number of carbonyl (C=O) groups excluding carboxylic acids is 3. The van der Waals surface area contributed by atoms with Gasteiger partial charge < -0.3 is 20.9 Å². The lowest BCUT2D eigenvalue weighted by molar-refractivity contribution is -0.121. The van der Waals surface area contributed by atoms with Gasteiger partial charge in [0.2, 0.25) is 11.8 Å². The first kappa shape index (κ1) is 20.7. The van der Waals surface area contributed by atoms with Gasteiger partial charge in [0.25, 0.3) is 0 Å². The Balaban J connectivity index is 1.56. The number of amides is 4. The van der Waals surface area contributed by atoms with Gasteiger partial charge >= 0.3 is 6.03 Å². The Morgan fingerprint density at radius 2 is 1.62 bits per heavy atom. The average molecular weight is 415 g/mol. The van der Waals surface area contributed by atoms with Crippen LogP contribution in [0.5, 0.6) is 0 Å². The molecule has 0 radical (unpaired) electrons. The van der Waals surface area contributed by atoms with E-state index in [2.05, 4.69) is 16.0 Å².